The summed E-state index contributed by atoms with van der Waals surface area (Å²) >= 11 is 0. The SMILES string of the molecule is Cc1ccc(CN(C(N)=O)C2CCC(c3ccc(C#N)cc3)C2)o1. The molecule has 2 unspecified atom stereocenters. The quantitative estimate of drug-likeness (QED) is 0.931. The highest BCUT2D eigenvalue weighted by atomic mass is 16.3. The molecule has 5 nitrogen and oxygen atoms in total. The Labute approximate surface area is 141 Å². The van der Waals surface area contributed by atoms with Crippen LogP contribution >= 0.6 is 0 Å². The van der Waals surface area contributed by atoms with E-state index >= 15 is 0 Å². The molecule has 1 aliphatic carbocycles. The van der Waals surface area contributed by atoms with Crippen LogP contribution in [-0.4, -0.2) is 17.0 Å². The van der Waals surface area contributed by atoms with E-state index in [1.807, 2.05) is 43.3 Å². The lowest BCUT2D eigenvalue weighted by Gasteiger charge is -2.26. The van der Waals surface area contributed by atoms with Crippen molar-refractivity contribution in [2.24, 2.45) is 5.73 Å². The number of nitrogens with two attached hydrogens (primary N) is 1. The number of nitriles is 1. The van der Waals surface area contributed by atoms with Crippen LogP contribution in [0.25, 0.3) is 0 Å². The summed E-state index contributed by atoms with van der Waals surface area (Å²) in [5.74, 6) is 1.98. The molecule has 1 heterocycles. The topological polar surface area (TPSA) is 83.3 Å². The second kappa shape index (κ2) is 6.79. The van der Waals surface area contributed by atoms with Gasteiger partial charge in [-0.3, -0.25) is 0 Å². The van der Waals surface area contributed by atoms with Gasteiger partial charge in [0.25, 0.3) is 0 Å². The van der Waals surface area contributed by atoms with Gasteiger partial charge in [0.05, 0.1) is 18.2 Å². The minimum atomic E-state index is -0.408. The Bertz CT molecular complexity index is 758. The zero-order valence-electron chi connectivity index (χ0n) is 13.7. The maximum Gasteiger partial charge on any atom is 0.315 e. The highest BCUT2D eigenvalue weighted by Crippen LogP contribution is 2.37. The van der Waals surface area contributed by atoms with Gasteiger partial charge in [0.1, 0.15) is 11.5 Å². The molecule has 2 atom stereocenters. The normalized spacial score (nSPS) is 19.8. The Morgan fingerprint density at radius 2 is 2.04 bits per heavy atom. The molecule has 1 aromatic heterocycles. The third-order valence-electron chi connectivity index (χ3n) is 4.76. The Balaban J connectivity index is 1.69. The van der Waals surface area contributed by atoms with E-state index in [0.29, 0.717) is 18.0 Å². The molecular weight excluding hydrogens is 302 g/mol. The number of urea groups is 1. The molecule has 24 heavy (non-hydrogen) atoms. The van der Waals surface area contributed by atoms with Crippen molar-refractivity contribution in [3.05, 3.63) is 59.0 Å². The molecule has 0 spiro atoms. The zero-order chi connectivity index (χ0) is 17.1. The molecule has 2 amide bonds. The van der Waals surface area contributed by atoms with Gasteiger partial charge in [-0.25, -0.2) is 4.79 Å². The summed E-state index contributed by atoms with van der Waals surface area (Å²) in [4.78, 5) is 13.6. The summed E-state index contributed by atoms with van der Waals surface area (Å²) in [6.45, 7) is 2.29. The summed E-state index contributed by atoms with van der Waals surface area (Å²) in [5.41, 5.74) is 7.49. The van der Waals surface area contributed by atoms with Gasteiger partial charge in [-0.15, -0.1) is 0 Å². The Hall–Kier alpha value is -2.74. The lowest BCUT2D eigenvalue weighted by atomic mass is 9.96. The highest BCUT2D eigenvalue weighted by Gasteiger charge is 2.32. The first-order chi connectivity index (χ1) is 11.6. The van der Waals surface area contributed by atoms with Crippen LogP contribution in [0.4, 0.5) is 4.79 Å². The molecule has 5 heteroatoms. The number of hydrogen-bond donors (Lipinski definition) is 1. The lowest BCUT2D eigenvalue weighted by Crippen LogP contribution is -2.41. The second-order valence-corrected chi connectivity index (χ2v) is 6.38. The number of amides is 2. The number of hydrogen-bond acceptors (Lipinski definition) is 3. The van der Waals surface area contributed by atoms with E-state index in [0.717, 1.165) is 30.8 Å². The molecule has 124 valence electrons. The van der Waals surface area contributed by atoms with E-state index in [2.05, 4.69) is 6.07 Å². The zero-order valence-corrected chi connectivity index (χ0v) is 13.7. The maximum atomic E-state index is 11.9. The average Bonchev–Trinajstić information content (AvgIpc) is 3.21. The first kappa shape index (κ1) is 16.1. The molecule has 0 aliphatic heterocycles. The maximum absolute atomic E-state index is 11.9. The number of carbonyl (C=O) groups is 1. The summed E-state index contributed by atoms with van der Waals surface area (Å²) in [6, 6.07) is 13.3. The van der Waals surface area contributed by atoms with Crippen molar-refractivity contribution in [2.75, 3.05) is 0 Å². The monoisotopic (exact) mass is 323 g/mol. The number of nitrogens with zero attached hydrogens (tertiary/aromatic N) is 2. The van der Waals surface area contributed by atoms with Crippen molar-refractivity contribution in [2.45, 2.75) is 44.7 Å². The molecule has 2 N–H and O–H groups in total. The van der Waals surface area contributed by atoms with Crippen LogP contribution in [0, 0.1) is 18.3 Å². The van der Waals surface area contributed by atoms with E-state index in [-0.39, 0.29) is 6.04 Å². The molecule has 1 fully saturated rings. The molecule has 0 radical (unpaired) electrons. The standard InChI is InChI=1S/C19H21N3O2/c1-13-2-9-18(24-13)12-22(19(21)23)17-8-7-16(10-17)15-5-3-14(11-20)4-6-15/h2-6,9,16-17H,7-8,10,12H2,1H3,(H2,21,23). The lowest BCUT2D eigenvalue weighted by molar-refractivity contribution is 0.173. The third-order valence-corrected chi connectivity index (χ3v) is 4.76. The van der Waals surface area contributed by atoms with Crippen molar-refractivity contribution < 1.29 is 9.21 Å². The van der Waals surface area contributed by atoms with Crippen LogP contribution in [0.5, 0.6) is 0 Å². The Kier molecular flexibility index (Phi) is 4.57. The fraction of sp³-hybridized carbons (Fsp3) is 0.368. The Morgan fingerprint density at radius 3 is 2.62 bits per heavy atom. The number of aryl methyl sites for hydroxylation is 1. The molecule has 3 rings (SSSR count). The number of furan rings is 1. The summed E-state index contributed by atoms with van der Waals surface area (Å²) < 4.78 is 5.58. The smallest absolute Gasteiger partial charge is 0.315 e. The van der Waals surface area contributed by atoms with Crippen molar-refractivity contribution in [3.63, 3.8) is 0 Å². The highest BCUT2D eigenvalue weighted by molar-refractivity contribution is 5.72. The van der Waals surface area contributed by atoms with Crippen LogP contribution in [0.2, 0.25) is 0 Å². The van der Waals surface area contributed by atoms with Crippen molar-refractivity contribution in [1.82, 2.24) is 4.90 Å². The summed E-state index contributed by atoms with van der Waals surface area (Å²) in [5, 5.41) is 8.89. The first-order valence-electron chi connectivity index (χ1n) is 8.18. The van der Waals surface area contributed by atoms with Crippen LogP contribution < -0.4 is 5.73 Å². The minimum Gasteiger partial charge on any atom is -0.464 e. The van der Waals surface area contributed by atoms with E-state index in [1.165, 1.54) is 5.56 Å². The minimum absolute atomic E-state index is 0.119. The number of carbonyl (C=O) groups excluding carboxylic acids is 1. The first-order valence-corrected chi connectivity index (χ1v) is 8.18. The van der Waals surface area contributed by atoms with E-state index < -0.39 is 6.03 Å². The largest absolute Gasteiger partial charge is 0.464 e. The van der Waals surface area contributed by atoms with Crippen molar-refractivity contribution in [1.29, 1.82) is 5.26 Å². The molecule has 1 aromatic carbocycles. The fourth-order valence-electron chi connectivity index (χ4n) is 3.50. The predicted octanol–water partition coefficient (Wildman–Crippen LogP) is 3.68. The fourth-order valence-corrected chi connectivity index (χ4v) is 3.50. The number of benzene rings is 1. The van der Waals surface area contributed by atoms with E-state index in [9.17, 15) is 4.79 Å². The van der Waals surface area contributed by atoms with Gasteiger partial charge >= 0.3 is 6.03 Å². The number of rotatable bonds is 4. The predicted molar refractivity (Wildman–Crippen MR) is 90.1 cm³/mol. The molecule has 0 saturated heterocycles. The van der Waals surface area contributed by atoms with Gasteiger partial charge in [-0.05, 0) is 61.9 Å². The van der Waals surface area contributed by atoms with E-state index in [1.54, 1.807) is 4.90 Å². The van der Waals surface area contributed by atoms with Gasteiger partial charge in [-0.1, -0.05) is 12.1 Å². The third kappa shape index (κ3) is 3.43. The second-order valence-electron chi connectivity index (χ2n) is 6.38. The van der Waals surface area contributed by atoms with Crippen molar-refractivity contribution >= 4 is 6.03 Å². The summed E-state index contributed by atoms with van der Waals surface area (Å²) in [6.07, 6.45) is 2.82. The van der Waals surface area contributed by atoms with Crippen LogP contribution in [-0.2, 0) is 6.54 Å². The van der Waals surface area contributed by atoms with Gasteiger partial charge in [-0.2, -0.15) is 5.26 Å². The molecule has 1 aliphatic rings. The molecule has 0 bridgehead atoms. The molecule has 2 aromatic rings. The van der Waals surface area contributed by atoms with Gasteiger partial charge in [0.15, 0.2) is 0 Å². The number of primary amides is 1. The van der Waals surface area contributed by atoms with Gasteiger partial charge in [0.2, 0.25) is 0 Å². The van der Waals surface area contributed by atoms with Crippen LogP contribution in [0.15, 0.2) is 40.8 Å². The van der Waals surface area contributed by atoms with Crippen LogP contribution in [0.1, 0.15) is 47.8 Å². The van der Waals surface area contributed by atoms with Crippen LogP contribution in [0.3, 0.4) is 0 Å². The molecular formula is C19H21N3O2. The Morgan fingerprint density at radius 1 is 1.29 bits per heavy atom. The van der Waals surface area contributed by atoms with Gasteiger partial charge in [0, 0.05) is 6.04 Å². The molecule has 1 saturated carbocycles. The van der Waals surface area contributed by atoms with Gasteiger partial charge < -0.3 is 15.1 Å². The summed E-state index contributed by atoms with van der Waals surface area (Å²) in [7, 11) is 0. The average molecular weight is 323 g/mol. The van der Waals surface area contributed by atoms with E-state index in [4.69, 9.17) is 15.4 Å². The van der Waals surface area contributed by atoms with Crippen molar-refractivity contribution in [3.8, 4) is 6.07 Å².